The lowest BCUT2D eigenvalue weighted by molar-refractivity contribution is 0.0698. The van der Waals surface area contributed by atoms with Crippen LogP contribution >= 0.6 is 15.9 Å². The molecule has 0 unspecified atom stereocenters. The summed E-state index contributed by atoms with van der Waals surface area (Å²) in [4.78, 5) is 15.0. The molecule has 1 aromatic heterocycles. The lowest BCUT2D eigenvalue weighted by Crippen LogP contribution is -2.12. The number of carbonyl (C=O) groups is 1. The van der Waals surface area contributed by atoms with E-state index in [1.165, 1.54) is 0 Å². The number of anilines is 1. The number of benzene rings is 1. The second-order valence-electron chi connectivity index (χ2n) is 3.72. The first-order chi connectivity index (χ1) is 8.66. The summed E-state index contributed by atoms with van der Waals surface area (Å²) < 4.78 is 2.77. The van der Waals surface area contributed by atoms with Crippen LogP contribution in [0.1, 0.15) is 10.4 Å². The lowest BCUT2D eigenvalue weighted by Gasteiger charge is -2.10. The molecule has 1 aromatic carbocycles. The van der Waals surface area contributed by atoms with E-state index in [2.05, 4.69) is 26.2 Å². The third kappa shape index (κ3) is 3.10. The van der Waals surface area contributed by atoms with Crippen molar-refractivity contribution in [2.24, 2.45) is 0 Å². The van der Waals surface area contributed by atoms with Crippen LogP contribution in [0.3, 0.4) is 0 Å². The number of halogens is 1. The number of nitrogens with one attached hydrogen (secondary N) is 1. The number of carboxylic acid groups (broad SMARTS) is 1. The van der Waals surface area contributed by atoms with Gasteiger partial charge in [0.15, 0.2) is 0 Å². The summed E-state index contributed by atoms with van der Waals surface area (Å²) in [5.74, 6) is -0.937. The summed E-state index contributed by atoms with van der Waals surface area (Å²) in [7, 11) is 0. The van der Waals surface area contributed by atoms with Crippen molar-refractivity contribution in [3.05, 3.63) is 47.0 Å². The Morgan fingerprint density at radius 2 is 2.33 bits per heavy atom. The highest BCUT2D eigenvalue weighted by molar-refractivity contribution is 9.10. The zero-order chi connectivity index (χ0) is 13.0. The molecule has 0 saturated heterocycles. The first-order valence-corrected chi connectivity index (χ1v) is 6.18. The maximum absolute atomic E-state index is 11.1. The maximum atomic E-state index is 11.1. The van der Waals surface area contributed by atoms with Gasteiger partial charge < -0.3 is 15.0 Å². The number of hydrogen-bond acceptors (Lipinski definition) is 3. The van der Waals surface area contributed by atoms with Crippen molar-refractivity contribution in [2.75, 3.05) is 11.9 Å². The summed E-state index contributed by atoms with van der Waals surface area (Å²) in [5, 5.41) is 12.2. The predicted molar refractivity (Wildman–Crippen MR) is 71.8 cm³/mol. The summed E-state index contributed by atoms with van der Waals surface area (Å²) in [5.41, 5.74) is 0.876. The molecule has 0 bridgehead atoms. The van der Waals surface area contributed by atoms with Crippen LogP contribution in [0.4, 0.5) is 5.69 Å². The molecule has 0 spiro atoms. The Kier molecular flexibility index (Phi) is 3.99. The van der Waals surface area contributed by atoms with Crippen LogP contribution in [-0.2, 0) is 6.54 Å². The van der Waals surface area contributed by atoms with Gasteiger partial charge in [0, 0.05) is 35.6 Å². The fraction of sp³-hybridized carbons (Fsp3) is 0.167. The van der Waals surface area contributed by atoms with E-state index in [1.54, 1.807) is 30.7 Å². The molecule has 0 amide bonds. The quantitative estimate of drug-likeness (QED) is 0.890. The second kappa shape index (κ2) is 5.68. The van der Waals surface area contributed by atoms with Crippen LogP contribution < -0.4 is 5.32 Å². The van der Waals surface area contributed by atoms with Crippen LogP contribution in [-0.4, -0.2) is 27.2 Å². The molecule has 6 heteroatoms. The van der Waals surface area contributed by atoms with E-state index in [0.29, 0.717) is 12.2 Å². The maximum Gasteiger partial charge on any atom is 0.337 e. The highest BCUT2D eigenvalue weighted by atomic mass is 79.9. The van der Waals surface area contributed by atoms with Gasteiger partial charge >= 0.3 is 5.97 Å². The first kappa shape index (κ1) is 12.6. The topological polar surface area (TPSA) is 67.2 Å². The molecular formula is C12H12BrN3O2. The van der Waals surface area contributed by atoms with Gasteiger partial charge in [0.05, 0.1) is 11.9 Å². The van der Waals surface area contributed by atoms with E-state index >= 15 is 0 Å². The molecule has 0 saturated carbocycles. The van der Waals surface area contributed by atoms with Crippen molar-refractivity contribution in [1.29, 1.82) is 0 Å². The van der Waals surface area contributed by atoms with Crippen molar-refractivity contribution in [3.8, 4) is 0 Å². The molecule has 2 rings (SSSR count). The lowest BCUT2D eigenvalue weighted by atomic mass is 10.2. The van der Waals surface area contributed by atoms with Crippen LogP contribution in [0.5, 0.6) is 0 Å². The van der Waals surface area contributed by atoms with E-state index in [1.807, 2.05) is 10.8 Å². The zero-order valence-electron chi connectivity index (χ0n) is 9.51. The molecule has 0 fully saturated rings. The normalized spacial score (nSPS) is 10.3. The third-order valence-corrected chi connectivity index (χ3v) is 2.95. The minimum Gasteiger partial charge on any atom is -0.478 e. The van der Waals surface area contributed by atoms with Crippen LogP contribution in [0.2, 0.25) is 0 Å². The molecule has 5 nitrogen and oxygen atoms in total. The molecule has 94 valence electrons. The van der Waals surface area contributed by atoms with Gasteiger partial charge in [-0.15, -0.1) is 0 Å². The van der Waals surface area contributed by atoms with Gasteiger partial charge in [0.25, 0.3) is 0 Å². The standard InChI is InChI=1S/C12H12BrN3O2/c13-9-1-2-10(12(17)18)11(7-9)15-4-6-16-5-3-14-8-16/h1-3,5,7-8,15H,4,6H2,(H,17,18). The first-order valence-electron chi connectivity index (χ1n) is 5.39. The Bertz CT molecular complexity index is 540. The number of nitrogens with zero attached hydrogens (tertiary/aromatic N) is 2. The number of aromatic nitrogens is 2. The van der Waals surface area contributed by atoms with Crippen molar-refractivity contribution >= 4 is 27.6 Å². The molecule has 0 aliphatic carbocycles. The van der Waals surface area contributed by atoms with Crippen LogP contribution in [0, 0.1) is 0 Å². The van der Waals surface area contributed by atoms with Gasteiger partial charge in [-0.3, -0.25) is 0 Å². The number of imidazole rings is 1. The molecule has 0 atom stereocenters. The fourth-order valence-electron chi connectivity index (χ4n) is 1.59. The van der Waals surface area contributed by atoms with Gasteiger partial charge in [-0.05, 0) is 18.2 Å². The smallest absolute Gasteiger partial charge is 0.337 e. The number of carboxylic acids is 1. The van der Waals surface area contributed by atoms with E-state index in [-0.39, 0.29) is 5.56 Å². The molecule has 1 heterocycles. The van der Waals surface area contributed by atoms with Crippen molar-refractivity contribution in [3.63, 3.8) is 0 Å². The van der Waals surface area contributed by atoms with E-state index in [4.69, 9.17) is 5.11 Å². The van der Waals surface area contributed by atoms with Crippen molar-refractivity contribution in [2.45, 2.75) is 6.54 Å². The molecule has 0 radical (unpaired) electrons. The predicted octanol–water partition coefficient (Wildman–Crippen LogP) is 2.46. The number of rotatable bonds is 5. The Morgan fingerprint density at radius 1 is 1.50 bits per heavy atom. The van der Waals surface area contributed by atoms with Gasteiger partial charge in [-0.1, -0.05) is 15.9 Å². The molecule has 2 N–H and O–H groups in total. The average Bonchev–Trinajstić information content (AvgIpc) is 2.82. The fourth-order valence-corrected chi connectivity index (χ4v) is 1.95. The second-order valence-corrected chi connectivity index (χ2v) is 4.64. The van der Waals surface area contributed by atoms with Gasteiger partial charge in [0.1, 0.15) is 0 Å². The average molecular weight is 310 g/mol. The summed E-state index contributed by atoms with van der Waals surface area (Å²) >= 11 is 3.33. The van der Waals surface area contributed by atoms with Crippen LogP contribution in [0.15, 0.2) is 41.4 Å². The minimum atomic E-state index is -0.937. The minimum absolute atomic E-state index is 0.267. The molecular weight excluding hydrogens is 298 g/mol. The third-order valence-electron chi connectivity index (χ3n) is 2.46. The van der Waals surface area contributed by atoms with Crippen molar-refractivity contribution < 1.29 is 9.90 Å². The largest absolute Gasteiger partial charge is 0.478 e. The van der Waals surface area contributed by atoms with Gasteiger partial charge in [0.2, 0.25) is 0 Å². The monoisotopic (exact) mass is 309 g/mol. The number of hydrogen-bond donors (Lipinski definition) is 2. The Hall–Kier alpha value is -1.82. The van der Waals surface area contributed by atoms with Crippen molar-refractivity contribution in [1.82, 2.24) is 9.55 Å². The Morgan fingerprint density at radius 3 is 3.00 bits per heavy atom. The Labute approximate surface area is 113 Å². The SMILES string of the molecule is O=C(O)c1ccc(Br)cc1NCCn1ccnc1. The highest BCUT2D eigenvalue weighted by Crippen LogP contribution is 2.21. The number of aromatic carboxylic acids is 1. The summed E-state index contributed by atoms with van der Waals surface area (Å²) in [6, 6.07) is 5.05. The molecule has 18 heavy (non-hydrogen) atoms. The zero-order valence-corrected chi connectivity index (χ0v) is 11.1. The highest BCUT2D eigenvalue weighted by Gasteiger charge is 2.09. The molecule has 0 aliphatic heterocycles. The molecule has 2 aromatic rings. The summed E-state index contributed by atoms with van der Waals surface area (Å²) in [6.07, 6.45) is 5.29. The van der Waals surface area contributed by atoms with E-state index < -0.39 is 5.97 Å². The van der Waals surface area contributed by atoms with Crippen LogP contribution in [0.25, 0.3) is 0 Å². The summed E-state index contributed by atoms with van der Waals surface area (Å²) in [6.45, 7) is 1.36. The molecule has 0 aliphatic rings. The Balaban J connectivity index is 2.03. The van der Waals surface area contributed by atoms with Gasteiger partial charge in [-0.25, -0.2) is 9.78 Å². The van der Waals surface area contributed by atoms with E-state index in [9.17, 15) is 4.79 Å². The van der Waals surface area contributed by atoms with Gasteiger partial charge in [-0.2, -0.15) is 0 Å². The van der Waals surface area contributed by atoms with E-state index in [0.717, 1.165) is 11.0 Å².